The number of carbonyl (C=O) groups is 1. The normalized spacial score (nSPS) is 12.3. The van der Waals surface area contributed by atoms with E-state index in [9.17, 15) is 9.59 Å². The van der Waals surface area contributed by atoms with Crippen LogP contribution in [0.15, 0.2) is 29.3 Å². The second-order valence-electron chi connectivity index (χ2n) is 5.68. The zero-order valence-electron chi connectivity index (χ0n) is 13.8. The van der Waals surface area contributed by atoms with Crippen molar-refractivity contribution in [2.75, 3.05) is 7.11 Å². The van der Waals surface area contributed by atoms with Crippen molar-refractivity contribution in [3.8, 4) is 5.69 Å². The number of fused-ring (bicyclic) bond motifs is 1. The second kappa shape index (κ2) is 5.88. The van der Waals surface area contributed by atoms with Crippen LogP contribution in [0.25, 0.3) is 16.9 Å². The highest BCUT2D eigenvalue weighted by atomic mass is 16.5. The van der Waals surface area contributed by atoms with Crippen LogP contribution in [0.3, 0.4) is 0 Å². The Bertz CT molecular complexity index is 969. The molecule has 8 nitrogen and oxygen atoms in total. The molecule has 3 aromatic rings. The van der Waals surface area contributed by atoms with Gasteiger partial charge in [-0.2, -0.15) is 4.68 Å². The van der Waals surface area contributed by atoms with Gasteiger partial charge in [-0.1, -0.05) is 11.3 Å². The largest absolute Gasteiger partial charge is 0.467 e. The number of esters is 1. The summed E-state index contributed by atoms with van der Waals surface area (Å²) in [6, 6.07) is 5.13. The van der Waals surface area contributed by atoms with Crippen molar-refractivity contribution in [2.24, 2.45) is 0 Å². The summed E-state index contributed by atoms with van der Waals surface area (Å²) in [5.74, 6) is -0.528. The van der Waals surface area contributed by atoms with Crippen molar-refractivity contribution in [1.82, 2.24) is 24.5 Å². The molecule has 0 fully saturated rings. The first-order valence-electron chi connectivity index (χ1n) is 7.41. The van der Waals surface area contributed by atoms with E-state index >= 15 is 0 Å². The zero-order chi connectivity index (χ0) is 17.4. The first-order valence-corrected chi connectivity index (χ1v) is 7.41. The molecule has 8 heteroatoms. The summed E-state index contributed by atoms with van der Waals surface area (Å²) in [4.78, 5) is 28.5. The first-order chi connectivity index (χ1) is 11.4. The number of aryl methyl sites for hydroxylation is 2. The molecule has 1 atom stereocenters. The van der Waals surface area contributed by atoms with Crippen LogP contribution < -0.4 is 5.56 Å². The fourth-order valence-corrected chi connectivity index (χ4v) is 2.63. The minimum Gasteiger partial charge on any atom is -0.467 e. The van der Waals surface area contributed by atoms with Gasteiger partial charge >= 0.3 is 5.97 Å². The smallest absolute Gasteiger partial charge is 0.328 e. The van der Waals surface area contributed by atoms with E-state index in [0.29, 0.717) is 5.65 Å². The van der Waals surface area contributed by atoms with E-state index in [2.05, 4.69) is 20.0 Å². The van der Waals surface area contributed by atoms with Gasteiger partial charge < -0.3 is 4.74 Å². The molecule has 2 heterocycles. The van der Waals surface area contributed by atoms with E-state index in [1.165, 1.54) is 22.7 Å². The van der Waals surface area contributed by atoms with E-state index in [0.717, 1.165) is 16.8 Å². The summed E-state index contributed by atoms with van der Waals surface area (Å²) in [7, 11) is 1.27. The van der Waals surface area contributed by atoms with Gasteiger partial charge in [-0.3, -0.25) is 9.36 Å². The highest BCUT2D eigenvalue weighted by Crippen LogP contribution is 2.16. The third-order valence-electron chi connectivity index (χ3n) is 3.80. The quantitative estimate of drug-likeness (QED) is 0.674. The van der Waals surface area contributed by atoms with Gasteiger partial charge in [-0.15, -0.1) is 5.10 Å². The summed E-state index contributed by atoms with van der Waals surface area (Å²) >= 11 is 0. The number of ether oxygens (including phenoxy) is 1. The molecule has 3 rings (SSSR count). The zero-order valence-corrected chi connectivity index (χ0v) is 13.8. The molecular formula is C16H17N5O3. The second-order valence-corrected chi connectivity index (χ2v) is 5.68. The van der Waals surface area contributed by atoms with E-state index in [4.69, 9.17) is 0 Å². The van der Waals surface area contributed by atoms with Gasteiger partial charge in [0.1, 0.15) is 12.4 Å². The van der Waals surface area contributed by atoms with Gasteiger partial charge in [0.15, 0.2) is 11.2 Å². The van der Waals surface area contributed by atoms with Gasteiger partial charge in [0.05, 0.1) is 12.8 Å². The predicted octanol–water partition coefficient (Wildman–Crippen LogP) is 1.33. The summed E-state index contributed by atoms with van der Waals surface area (Å²) in [5, 5.41) is 8.00. The molecule has 24 heavy (non-hydrogen) atoms. The minimum absolute atomic E-state index is 0.104. The number of aromatic nitrogens is 5. The van der Waals surface area contributed by atoms with Gasteiger partial charge in [0.2, 0.25) is 0 Å². The summed E-state index contributed by atoms with van der Waals surface area (Å²) in [5.41, 5.74) is 2.93. The van der Waals surface area contributed by atoms with Crippen molar-refractivity contribution in [3.63, 3.8) is 0 Å². The maximum absolute atomic E-state index is 12.6. The molecular weight excluding hydrogens is 310 g/mol. The molecule has 0 aliphatic heterocycles. The lowest BCUT2D eigenvalue weighted by molar-refractivity contribution is -0.144. The highest BCUT2D eigenvalue weighted by molar-refractivity contribution is 5.75. The summed E-state index contributed by atoms with van der Waals surface area (Å²) in [6.07, 6.45) is 1.31. The molecule has 0 unspecified atom stereocenters. The van der Waals surface area contributed by atoms with E-state index in [1.54, 1.807) is 6.92 Å². The SMILES string of the molecule is COC(=O)[C@@H](C)n1cnc2c(nnn2-c2cc(C)cc(C)c2)c1=O. The highest BCUT2D eigenvalue weighted by Gasteiger charge is 2.20. The Labute approximate surface area is 137 Å². The fourth-order valence-electron chi connectivity index (χ4n) is 2.63. The molecule has 0 saturated carbocycles. The van der Waals surface area contributed by atoms with Crippen LogP contribution in [0.5, 0.6) is 0 Å². The number of hydrogen-bond acceptors (Lipinski definition) is 6. The Hall–Kier alpha value is -3.03. The van der Waals surface area contributed by atoms with Crippen molar-refractivity contribution in [3.05, 3.63) is 46.0 Å². The van der Waals surface area contributed by atoms with Crippen LogP contribution in [0, 0.1) is 13.8 Å². The molecule has 1 aromatic carbocycles. The molecule has 0 bridgehead atoms. The predicted molar refractivity (Wildman–Crippen MR) is 87.1 cm³/mol. The molecule has 2 aromatic heterocycles. The number of methoxy groups -OCH3 is 1. The van der Waals surface area contributed by atoms with Gasteiger partial charge in [-0.25, -0.2) is 9.78 Å². The Kier molecular flexibility index (Phi) is 3.88. The number of rotatable bonds is 3. The molecule has 0 saturated heterocycles. The van der Waals surface area contributed by atoms with Crippen LogP contribution in [0.2, 0.25) is 0 Å². The van der Waals surface area contributed by atoms with Gasteiger partial charge in [-0.05, 0) is 44.0 Å². The molecule has 124 valence electrons. The molecule has 0 N–H and O–H groups in total. The van der Waals surface area contributed by atoms with Crippen molar-refractivity contribution in [1.29, 1.82) is 0 Å². The number of hydrogen-bond donors (Lipinski definition) is 0. The monoisotopic (exact) mass is 327 g/mol. The van der Waals surface area contributed by atoms with Crippen LogP contribution in [0.1, 0.15) is 24.1 Å². The molecule has 0 radical (unpaired) electrons. The lowest BCUT2D eigenvalue weighted by Gasteiger charge is -2.11. The third-order valence-corrected chi connectivity index (χ3v) is 3.80. The number of nitrogens with zero attached hydrogens (tertiary/aromatic N) is 5. The van der Waals surface area contributed by atoms with Gasteiger partial charge in [0.25, 0.3) is 5.56 Å². The molecule has 0 amide bonds. The third kappa shape index (κ3) is 2.55. The number of benzene rings is 1. The fraction of sp³-hybridized carbons (Fsp3) is 0.312. The topological polar surface area (TPSA) is 91.9 Å². The Morgan fingerprint density at radius 1 is 1.21 bits per heavy atom. The maximum Gasteiger partial charge on any atom is 0.328 e. The molecule has 0 spiro atoms. The Balaban J connectivity index is 2.17. The lowest BCUT2D eigenvalue weighted by Crippen LogP contribution is -2.29. The summed E-state index contributed by atoms with van der Waals surface area (Å²) < 4.78 is 7.37. The standard InChI is InChI=1S/C16H17N5O3/c1-9-5-10(2)7-12(6-9)21-14-13(18-19-21)15(22)20(8-17-14)11(3)16(23)24-4/h5-8,11H,1-4H3/t11-/m1/s1. The van der Waals surface area contributed by atoms with Crippen LogP contribution in [-0.2, 0) is 9.53 Å². The van der Waals surface area contributed by atoms with E-state index < -0.39 is 17.6 Å². The van der Waals surface area contributed by atoms with E-state index in [-0.39, 0.29) is 5.52 Å². The van der Waals surface area contributed by atoms with Crippen LogP contribution in [0.4, 0.5) is 0 Å². The lowest BCUT2D eigenvalue weighted by atomic mass is 10.1. The molecule has 0 aliphatic carbocycles. The first kappa shape index (κ1) is 15.9. The van der Waals surface area contributed by atoms with Crippen LogP contribution >= 0.6 is 0 Å². The van der Waals surface area contributed by atoms with Crippen molar-refractivity contribution >= 4 is 17.1 Å². The van der Waals surface area contributed by atoms with Crippen molar-refractivity contribution < 1.29 is 9.53 Å². The maximum atomic E-state index is 12.6. The van der Waals surface area contributed by atoms with Crippen molar-refractivity contribution in [2.45, 2.75) is 26.8 Å². The van der Waals surface area contributed by atoms with Crippen LogP contribution in [-0.4, -0.2) is 37.6 Å². The molecule has 0 aliphatic rings. The Morgan fingerprint density at radius 2 is 1.88 bits per heavy atom. The summed E-state index contributed by atoms with van der Waals surface area (Å²) in [6.45, 7) is 5.53. The number of carbonyl (C=O) groups excluding carboxylic acids is 1. The van der Waals surface area contributed by atoms with Gasteiger partial charge in [0, 0.05) is 0 Å². The minimum atomic E-state index is -0.786. The average molecular weight is 327 g/mol. The Morgan fingerprint density at radius 3 is 2.50 bits per heavy atom. The van der Waals surface area contributed by atoms with E-state index in [1.807, 2.05) is 32.0 Å². The average Bonchev–Trinajstić information content (AvgIpc) is 2.98.